The van der Waals surface area contributed by atoms with Crippen molar-refractivity contribution in [1.29, 1.82) is 5.41 Å². The average molecular weight is 485 g/mol. The summed E-state index contributed by atoms with van der Waals surface area (Å²) in [6.07, 6.45) is -4.73. The Morgan fingerprint density at radius 2 is 1.97 bits per heavy atom. The van der Waals surface area contributed by atoms with E-state index in [1.807, 2.05) is 26.0 Å². The molecule has 0 spiro atoms. The maximum atomic E-state index is 13.9. The van der Waals surface area contributed by atoms with Crippen molar-refractivity contribution in [2.75, 3.05) is 6.54 Å². The van der Waals surface area contributed by atoms with Gasteiger partial charge in [0.05, 0.1) is 17.8 Å². The molecule has 0 aliphatic heterocycles. The summed E-state index contributed by atoms with van der Waals surface area (Å²) in [5.74, 6) is -0.117. The molecule has 1 aromatic heterocycles. The minimum absolute atomic E-state index is 0.0341. The molecule has 32 heavy (non-hydrogen) atoms. The SMILES string of the molecule is Cc1cc(SCc2sc(-c3ccc(C(F)(F)F)c(F)c3)nc2C)ccc1ONCC(=N)N. The van der Waals surface area contributed by atoms with Gasteiger partial charge in [0.2, 0.25) is 0 Å². The van der Waals surface area contributed by atoms with Gasteiger partial charge in [0, 0.05) is 21.1 Å². The molecule has 0 fully saturated rings. The van der Waals surface area contributed by atoms with E-state index in [1.165, 1.54) is 17.4 Å². The summed E-state index contributed by atoms with van der Waals surface area (Å²) >= 11 is 2.90. The van der Waals surface area contributed by atoms with E-state index in [0.717, 1.165) is 33.2 Å². The lowest BCUT2D eigenvalue weighted by Gasteiger charge is -2.10. The van der Waals surface area contributed by atoms with Crippen LogP contribution < -0.4 is 16.1 Å². The summed E-state index contributed by atoms with van der Waals surface area (Å²) in [5, 5.41) is 7.64. The number of nitrogens with one attached hydrogen (secondary N) is 2. The highest BCUT2D eigenvalue weighted by Gasteiger charge is 2.34. The molecule has 1 heterocycles. The minimum Gasteiger partial charge on any atom is -0.408 e. The monoisotopic (exact) mass is 484 g/mol. The van der Waals surface area contributed by atoms with Gasteiger partial charge < -0.3 is 10.6 Å². The number of hydrogen-bond donors (Lipinski definition) is 3. The molecular weight excluding hydrogens is 464 g/mol. The lowest BCUT2D eigenvalue weighted by Crippen LogP contribution is -2.30. The second kappa shape index (κ2) is 9.88. The van der Waals surface area contributed by atoms with Crippen LogP contribution in [0.3, 0.4) is 0 Å². The third-order valence-corrected chi connectivity index (χ3v) is 6.78. The fourth-order valence-electron chi connectivity index (χ4n) is 2.73. The highest BCUT2D eigenvalue weighted by atomic mass is 32.2. The summed E-state index contributed by atoms with van der Waals surface area (Å²) in [5.41, 5.74) is 8.55. The Kier molecular flexibility index (Phi) is 7.42. The summed E-state index contributed by atoms with van der Waals surface area (Å²) in [6.45, 7) is 3.83. The summed E-state index contributed by atoms with van der Waals surface area (Å²) in [6, 6.07) is 8.51. The maximum Gasteiger partial charge on any atom is 0.419 e. The van der Waals surface area contributed by atoms with Crippen molar-refractivity contribution in [2.24, 2.45) is 5.73 Å². The molecule has 0 unspecified atom stereocenters. The molecule has 0 atom stereocenters. The molecule has 2 aromatic carbocycles. The van der Waals surface area contributed by atoms with Crippen LogP contribution in [0.15, 0.2) is 41.3 Å². The Morgan fingerprint density at radius 1 is 1.22 bits per heavy atom. The Bertz CT molecular complexity index is 1130. The van der Waals surface area contributed by atoms with E-state index in [2.05, 4.69) is 10.5 Å². The first-order valence-electron chi connectivity index (χ1n) is 9.34. The van der Waals surface area contributed by atoms with E-state index in [1.54, 1.807) is 17.8 Å². The number of hydrogen-bond acceptors (Lipinski definition) is 6. The third-order valence-electron chi connectivity index (χ3n) is 4.38. The minimum atomic E-state index is -4.73. The van der Waals surface area contributed by atoms with Gasteiger partial charge in [-0.3, -0.25) is 5.41 Å². The molecule has 0 saturated carbocycles. The molecule has 170 valence electrons. The smallest absolute Gasteiger partial charge is 0.408 e. The molecule has 4 N–H and O–H groups in total. The van der Waals surface area contributed by atoms with Gasteiger partial charge in [-0.2, -0.15) is 13.2 Å². The lowest BCUT2D eigenvalue weighted by molar-refractivity contribution is -0.139. The van der Waals surface area contributed by atoms with Crippen LogP contribution in [0.5, 0.6) is 5.75 Å². The normalized spacial score (nSPS) is 11.6. The number of aryl methyl sites for hydroxylation is 2. The van der Waals surface area contributed by atoms with Crippen molar-refractivity contribution in [1.82, 2.24) is 10.5 Å². The van der Waals surface area contributed by atoms with Crippen LogP contribution in [-0.2, 0) is 11.9 Å². The number of thioether (sulfide) groups is 1. The predicted molar refractivity (Wildman–Crippen MR) is 119 cm³/mol. The number of amidine groups is 1. The van der Waals surface area contributed by atoms with Gasteiger partial charge in [0.25, 0.3) is 0 Å². The Labute approximate surface area is 190 Å². The molecule has 0 saturated heterocycles. The van der Waals surface area contributed by atoms with Gasteiger partial charge in [0.1, 0.15) is 22.4 Å². The fraction of sp³-hybridized carbons (Fsp3) is 0.238. The molecule has 0 amide bonds. The van der Waals surface area contributed by atoms with Gasteiger partial charge in [0.15, 0.2) is 0 Å². The third kappa shape index (κ3) is 5.99. The largest absolute Gasteiger partial charge is 0.419 e. The maximum absolute atomic E-state index is 13.9. The van der Waals surface area contributed by atoms with E-state index >= 15 is 0 Å². The standard InChI is InChI=1S/C21H20F4N4OS2/c1-11-7-14(4-6-17(11)30-28-9-19(26)27)31-10-18-12(2)29-20(32-18)13-3-5-15(16(22)8-13)21(23,24)25/h3-8,28H,9-10H2,1-2H3,(H3,26,27). The first kappa shape index (κ1) is 24.0. The van der Waals surface area contributed by atoms with Crippen molar-refractivity contribution < 1.29 is 22.4 Å². The second-order valence-corrected chi connectivity index (χ2v) is 9.02. The van der Waals surface area contributed by atoms with Crippen LogP contribution in [0.4, 0.5) is 17.6 Å². The number of halogens is 4. The van der Waals surface area contributed by atoms with Gasteiger partial charge in [-0.1, -0.05) is 6.07 Å². The van der Waals surface area contributed by atoms with Gasteiger partial charge >= 0.3 is 6.18 Å². The van der Waals surface area contributed by atoms with Crippen molar-refractivity contribution in [2.45, 2.75) is 30.7 Å². The highest BCUT2D eigenvalue weighted by molar-refractivity contribution is 7.98. The van der Waals surface area contributed by atoms with Crippen LogP contribution >= 0.6 is 23.1 Å². The molecule has 3 rings (SSSR count). The fourth-order valence-corrected chi connectivity index (χ4v) is 4.93. The zero-order chi connectivity index (χ0) is 23.5. The lowest BCUT2D eigenvalue weighted by atomic mass is 10.1. The first-order chi connectivity index (χ1) is 15.0. The summed E-state index contributed by atoms with van der Waals surface area (Å²) < 4.78 is 52.3. The zero-order valence-electron chi connectivity index (χ0n) is 17.1. The van der Waals surface area contributed by atoms with Crippen LogP contribution in [0.1, 0.15) is 21.7 Å². The Morgan fingerprint density at radius 3 is 2.59 bits per heavy atom. The molecule has 11 heteroatoms. The zero-order valence-corrected chi connectivity index (χ0v) is 18.8. The van der Waals surface area contributed by atoms with Crippen LogP contribution in [0.25, 0.3) is 10.6 Å². The van der Waals surface area contributed by atoms with Crippen molar-refractivity contribution in [3.63, 3.8) is 0 Å². The molecule has 5 nitrogen and oxygen atoms in total. The second-order valence-electron chi connectivity index (χ2n) is 6.88. The van der Waals surface area contributed by atoms with Gasteiger partial charge in [-0.15, -0.1) is 28.6 Å². The Hall–Kier alpha value is -2.63. The molecule has 0 aliphatic rings. The number of rotatable bonds is 8. The predicted octanol–water partition coefficient (Wildman–Crippen LogP) is 5.70. The molecule has 0 bridgehead atoms. The first-order valence-corrected chi connectivity index (χ1v) is 11.1. The van der Waals surface area contributed by atoms with E-state index in [9.17, 15) is 17.6 Å². The van der Waals surface area contributed by atoms with E-state index in [-0.39, 0.29) is 12.4 Å². The Balaban J connectivity index is 1.68. The van der Waals surface area contributed by atoms with Crippen LogP contribution in [-0.4, -0.2) is 17.4 Å². The number of nitrogens with zero attached hydrogens (tertiary/aromatic N) is 1. The molecule has 0 radical (unpaired) electrons. The number of aromatic nitrogens is 1. The quantitative estimate of drug-likeness (QED) is 0.126. The summed E-state index contributed by atoms with van der Waals surface area (Å²) in [7, 11) is 0. The number of hydroxylamine groups is 1. The van der Waals surface area contributed by atoms with Crippen LogP contribution in [0, 0.1) is 25.1 Å². The molecule has 3 aromatic rings. The van der Waals surface area contributed by atoms with Crippen molar-refractivity contribution >= 4 is 28.9 Å². The summed E-state index contributed by atoms with van der Waals surface area (Å²) in [4.78, 5) is 11.7. The average Bonchev–Trinajstić information content (AvgIpc) is 3.07. The molecular formula is C21H20F4N4OS2. The number of alkyl halides is 3. The van der Waals surface area contributed by atoms with Crippen LogP contribution in [0.2, 0.25) is 0 Å². The van der Waals surface area contributed by atoms with E-state index in [0.29, 0.717) is 22.1 Å². The van der Waals surface area contributed by atoms with Crippen molar-refractivity contribution in [3.8, 4) is 16.3 Å². The van der Waals surface area contributed by atoms with Gasteiger partial charge in [-0.05, 0) is 49.7 Å². The highest BCUT2D eigenvalue weighted by Crippen LogP contribution is 2.37. The number of benzene rings is 2. The number of thiazole rings is 1. The van der Waals surface area contributed by atoms with Gasteiger partial charge in [-0.25, -0.2) is 9.37 Å². The van der Waals surface area contributed by atoms with Crippen molar-refractivity contribution in [3.05, 3.63) is 63.9 Å². The number of nitrogens with two attached hydrogens (primary N) is 1. The van der Waals surface area contributed by atoms with E-state index in [4.69, 9.17) is 16.0 Å². The topological polar surface area (TPSA) is 84.0 Å². The molecule has 0 aliphatic carbocycles. The van der Waals surface area contributed by atoms with E-state index < -0.39 is 17.6 Å².